The fourth-order valence-electron chi connectivity index (χ4n) is 1.93. The second-order valence-corrected chi connectivity index (χ2v) is 5.93. The maximum atomic E-state index is 6.07. The zero-order valence-electron chi connectivity index (χ0n) is 12.1. The van der Waals surface area contributed by atoms with Crippen molar-refractivity contribution < 1.29 is 4.74 Å². The van der Waals surface area contributed by atoms with E-state index in [-0.39, 0.29) is 15.9 Å². The van der Waals surface area contributed by atoms with Gasteiger partial charge in [-0.1, -0.05) is 27.7 Å². The monoisotopic (exact) mass is 258 g/mol. The second-order valence-electron chi connectivity index (χ2n) is 4.07. The molecule has 0 aromatic rings. The van der Waals surface area contributed by atoms with Gasteiger partial charge in [-0.05, 0) is 32.2 Å². The average Bonchev–Trinajstić information content (AvgIpc) is 2.36. The first-order chi connectivity index (χ1) is 8.24. The van der Waals surface area contributed by atoms with E-state index < -0.39 is 0 Å². The van der Waals surface area contributed by atoms with Gasteiger partial charge in [-0.25, -0.2) is 0 Å². The van der Waals surface area contributed by atoms with Crippen LogP contribution >= 0.6 is 0 Å². The zero-order valence-corrected chi connectivity index (χ0v) is 13.5. The lowest BCUT2D eigenvalue weighted by Gasteiger charge is -2.37. The second kappa shape index (κ2) is 11.0. The standard InChI is InChI=1S/C13H30N2OSi/c1-6-14(7-2)13(15(8-3)9-4)16-11-12-17-10-5/h10,13H,5-9,11-12,17H2,1-4H3. The molecule has 0 N–H and O–H groups in total. The van der Waals surface area contributed by atoms with Gasteiger partial charge >= 0.3 is 0 Å². The van der Waals surface area contributed by atoms with Crippen LogP contribution in [0.15, 0.2) is 12.3 Å². The summed E-state index contributed by atoms with van der Waals surface area (Å²) < 4.78 is 6.07. The summed E-state index contributed by atoms with van der Waals surface area (Å²) in [6.07, 6.45) is 0.152. The van der Waals surface area contributed by atoms with Gasteiger partial charge < -0.3 is 4.74 Å². The molecule has 102 valence electrons. The molecule has 0 radical (unpaired) electrons. The van der Waals surface area contributed by atoms with Gasteiger partial charge in [0.05, 0.1) is 0 Å². The van der Waals surface area contributed by atoms with Crippen LogP contribution in [0.2, 0.25) is 6.04 Å². The summed E-state index contributed by atoms with van der Waals surface area (Å²) in [7, 11) is -0.0937. The summed E-state index contributed by atoms with van der Waals surface area (Å²) in [6.45, 7) is 17.6. The third-order valence-electron chi connectivity index (χ3n) is 3.07. The molecule has 3 nitrogen and oxygen atoms in total. The van der Waals surface area contributed by atoms with Crippen molar-refractivity contribution in [3.05, 3.63) is 12.3 Å². The van der Waals surface area contributed by atoms with E-state index in [1.54, 1.807) is 0 Å². The Hall–Kier alpha value is -0.163. The van der Waals surface area contributed by atoms with Crippen LogP contribution in [0, 0.1) is 0 Å². The summed E-state index contributed by atoms with van der Waals surface area (Å²) in [6, 6.07) is 1.20. The minimum atomic E-state index is -0.0937. The zero-order chi connectivity index (χ0) is 13.1. The van der Waals surface area contributed by atoms with Crippen molar-refractivity contribution in [1.82, 2.24) is 9.80 Å². The number of rotatable bonds is 11. The Morgan fingerprint density at radius 1 is 1.06 bits per heavy atom. The fraction of sp³-hybridized carbons (Fsp3) is 0.846. The first kappa shape index (κ1) is 16.8. The molecule has 0 unspecified atom stereocenters. The van der Waals surface area contributed by atoms with E-state index in [1.807, 2.05) is 0 Å². The predicted molar refractivity (Wildman–Crippen MR) is 79.1 cm³/mol. The van der Waals surface area contributed by atoms with E-state index in [4.69, 9.17) is 4.74 Å². The van der Waals surface area contributed by atoms with E-state index in [2.05, 4.69) is 49.8 Å². The molecule has 0 aliphatic rings. The third-order valence-corrected chi connectivity index (χ3v) is 4.17. The van der Waals surface area contributed by atoms with Crippen LogP contribution in [-0.2, 0) is 4.74 Å². The van der Waals surface area contributed by atoms with Gasteiger partial charge in [-0.2, -0.15) is 0 Å². The van der Waals surface area contributed by atoms with Gasteiger partial charge in [-0.3, -0.25) is 9.80 Å². The van der Waals surface area contributed by atoms with E-state index >= 15 is 0 Å². The maximum absolute atomic E-state index is 6.07. The largest absolute Gasteiger partial charge is 0.350 e. The van der Waals surface area contributed by atoms with Gasteiger partial charge in [-0.15, -0.1) is 12.3 Å². The highest BCUT2D eigenvalue weighted by Crippen LogP contribution is 2.08. The Morgan fingerprint density at radius 2 is 1.53 bits per heavy atom. The number of hydrogen-bond acceptors (Lipinski definition) is 3. The topological polar surface area (TPSA) is 15.7 Å². The molecule has 0 saturated heterocycles. The predicted octanol–water partition coefficient (Wildman–Crippen LogP) is 1.70. The van der Waals surface area contributed by atoms with Crippen LogP contribution in [-0.4, -0.2) is 58.5 Å². The molecule has 0 rings (SSSR count). The summed E-state index contributed by atoms with van der Waals surface area (Å²) in [4.78, 5) is 4.75. The molecule has 0 aromatic carbocycles. The summed E-state index contributed by atoms with van der Waals surface area (Å²) in [5.41, 5.74) is 2.09. The molecule has 0 atom stereocenters. The molecule has 4 heteroatoms. The van der Waals surface area contributed by atoms with Gasteiger partial charge in [0.15, 0.2) is 6.35 Å². The third kappa shape index (κ3) is 6.36. The molecule has 0 spiro atoms. The van der Waals surface area contributed by atoms with Crippen LogP contribution in [0.25, 0.3) is 0 Å². The average molecular weight is 258 g/mol. The van der Waals surface area contributed by atoms with Gasteiger partial charge in [0.2, 0.25) is 0 Å². The van der Waals surface area contributed by atoms with E-state index in [1.165, 1.54) is 6.04 Å². The van der Waals surface area contributed by atoms with Crippen LogP contribution in [0.4, 0.5) is 0 Å². The van der Waals surface area contributed by atoms with Gasteiger partial charge in [0.25, 0.3) is 0 Å². The Morgan fingerprint density at radius 3 is 1.88 bits per heavy atom. The van der Waals surface area contributed by atoms with Crippen molar-refractivity contribution in [3.8, 4) is 0 Å². The van der Waals surface area contributed by atoms with Crippen LogP contribution < -0.4 is 0 Å². The summed E-state index contributed by atoms with van der Waals surface area (Å²) in [5, 5.41) is 0. The van der Waals surface area contributed by atoms with E-state index in [0.717, 1.165) is 32.8 Å². The first-order valence-corrected chi connectivity index (χ1v) is 8.77. The SMILES string of the molecule is C=C[SiH2]CCOC(N(CC)CC)N(CC)CC. The number of nitrogens with zero attached hydrogens (tertiary/aromatic N) is 2. The summed E-state index contributed by atoms with van der Waals surface area (Å²) >= 11 is 0. The van der Waals surface area contributed by atoms with Gasteiger partial charge in [0, 0.05) is 16.1 Å². The van der Waals surface area contributed by atoms with Crippen molar-refractivity contribution in [2.45, 2.75) is 40.1 Å². The normalized spacial score (nSPS) is 12.4. The van der Waals surface area contributed by atoms with Gasteiger partial charge in [0.1, 0.15) is 0 Å². The molecule has 0 aliphatic carbocycles. The van der Waals surface area contributed by atoms with Crippen LogP contribution in [0.5, 0.6) is 0 Å². The van der Waals surface area contributed by atoms with E-state index in [9.17, 15) is 0 Å². The maximum Gasteiger partial charge on any atom is 0.168 e. The molecule has 0 fully saturated rings. The minimum absolute atomic E-state index is 0.0937. The smallest absolute Gasteiger partial charge is 0.168 e. The highest BCUT2D eigenvalue weighted by molar-refractivity contribution is 6.41. The highest BCUT2D eigenvalue weighted by Gasteiger charge is 2.21. The number of ether oxygens (including phenoxy) is 1. The molecular formula is C13H30N2OSi. The molecule has 0 saturated carbocycles. The fourth-order valence-corrected chi connectivity index (χ4v) is 2.55. The Labute approximate surface area is 110 Å². The van der Waals surface area contributed by atoms with E-state index in [0.29, 0.717) is 0 Å². The molecule has 17 heavy (non-hydrogen) atoms. The quantitative estimate of drug-likeness (QED) is 0.319. The Balaban J connectivity index is 4.32. The lowest BCUT2D eigenvalue weighted by molar-refractivity contribution is -0.145. The first-order valence-electron chi connectivity index (χ1n) is 6.95. The molecule has 0 aromatic heterocycles. The van der Waals surface area contributed by atoms with Crippen molar-refractivity contribution in [2.75, 3.05) is 32.8 Å². The van der Waals surface area contributed by atoms with Crippen molar-refractivity contribution in [2.24, 2.45) is 0 Å². The molecular weight excluding hydrogens is 228 g/mol. The molecule has 0 aliphatic heterocycles. The Bertz CT molecular complexity index is 170. The van der Waals surface area contributed by atoms with Crippen molar-refractivity contribution in [3.63, 3.8) is 0 Å². The molecule has 0 heterocycles. The Kier molecular flexibility index (Phi) is 10.9. The van der Waals surface area contributed by atoms with Crippen molar-refractivity contribution in [1.29, 1.82) is 0 Å². The lowest BCUT2D eigenvalue weighted by Crippen LogP contribution is -2.50. The number of hydrogen-bond donors (Lipinski definition) is 0. The summed E-state index contributed by atoms with van der Waals surface area (Å²) in [5.74, 6) is 0. The lowest BCUT2D eigenvalue weighted by atomic mass is 10.4. The highest BCUT2D eigenvalue weighted by atomic mass is 28.2. The molecule has 0 bridgehead atoms. The van der Waals surface area contributed by atoms with Crippen LogP contribution in [0.3, 0.4) is 0 Å². The van der Waals surface area contributed by atoms with Crippen molar-refractivity contribution >= 4 is 9.52 Å². The minimum Gasteiger partial charge on any atom is -0.350 e. The molecule has 0 amide bonds. The van der Waals surface area contributed by atoms with Crippen LogP contribution in [0.1, 0.15) is 27.7 Å².